The summed E-state index contributed by atoms with van der Waals surface area (Å²) in [7, 11) is 1.66. The summed E-state index contributed by atoms with van der Waals surface area (Å²) >= 11 is 0. The van der Waals surface area contributed by atoms with Crippen molar-refractivity contribution >= 4 is 6.09 Å². The van der Waals surface area contributed by atoms with Crippen LogP contribution in [0.4, 0.5) is 4.79 Å². The second-order valence-electron chi connectivity index (χ2n) is 9.28. The Labute approximate surface area is 190 Å². The lowest BCUT2D eigenvalue weighted by Gasteiger charge is -2.44. The van der Waals surface area contributed by atoms with E-state index < -0.39 is 5.54 Å². The van der Waals surface area contributed by atoms with Crippen LogP contribution in [-0.4, -0.2) is 57.1 Å². The zero-order valence-electron chi connectivity index (χ0n) is 19.3. The van der Waals surface area contributed by atoms with Crippen molar-refractivity contribution in [2.24, 2.45) is 5.92 Å². The number of alkyl carbamates (subject to hydrolysis) is 1. The number of hydrogen-bond acceptors (Lipinski definition) is 5. The lowest BCUT2D eigenvalue weighted by Crippen LogP contribution is -2.53. The predicted octanol–water partition coefficient (Wildman–Crippen LogP) is 4.43. The lowest BCUT2D eigenvalue weighted by molar-refractivity contribution is -0.0349. The van der Waals surface area contributed by atoms with Crippen LogP contribution in [-0.2, 0) is 15.0 Å². The molecule has 0 saturated carbocycles. The second-order valence-corrected chi connectivity index (χ2v) is 9.28. The Kier molecular flexibility index (Phi) is 7.01. The number of benzene rings is 2. The number of carbonyl (C=O) groups is 1. The monoisotopic (exact) mass is 438 g/mol. The third-order valence-electron chi connectivity index (χ3n) is 6.60. The van der Waals surface area contributed by atoms with Crippen LogP contribution < -0.4 is 10.1 Å². The van der Waals surface area contributed by atoms with Gasteiger partial charge in [-0.1, -0.05) is 36.4 Å². The van der Waals surface area contributed by atoms with Gasteiger partial charge in [0, 0.05) is 13.7 Å². The van der Waals surface area contributed by atoms with Crippen molar-refractivity contribution in [2.45, 2.75) is 38.3 Å². The molecule has 1 atom stereocenters. The maximum Gasteiger partial charge on any atom is 0.408 e. The highest BCUT2D eigenvalue weighted by molar-refractivity contribution is 5.69. The van der Waals surface area contributed by atoms with E-state index in [1.165, 1.54) is 0 Å². The molecular formula is C26H34N2O4. The van der Waals surface area contributed by atoms with Crippen LogP contribution in [0.2, 0.25) is 0 Å². The molecule has 1 amide bonds. The van der Waals surface area contributed by atoms with Crippen LogP contribution in [0.3, 0.4) is 0 Å². The van der Waals surface area contributed by atoms with Gasteiger partial charge < -0.3 is 19.5 Å². The SMILES string of the molecule is COCCOc1cccc(-c2ccc(C(C)(C)NC(=O)O[C@@H]3CN4CCC3CC4)cc2)c1. The number of piperidine rings is 3. The largest absolute Gasteiger partial charge is 0.491 e. The third kappa shape index (κ3) is 5.43. The average Bonchev–Trinajstić information content (AvgIpc) is 2.80. The molecule has 0 aromatic heterocycles. The molecule has 6 nitrogen and oxygen atoms in total. The van der Waals surface area contributed by atoms with Gasteiger partial charge in [0.05, 0.1) is 12.1 Å². The summed E-state index contributed by atoms with van der Waals surface area (Å²) in [6, 6.07) is 16.3. The summed E-state index contributed by atoms with van der Waals surface area (Å²) in [6.45, 7) is 8.21. The fourth-order valence-corrected chi connectivity index (χ4v) is 4.63. The molecule has 3 aliphatic rings. The minimum atomic E-state index is -0.533. The molecule has 32 heavy (non-hydrogen) atoms. The van der Waals surface area contributed by atoms with Crippen molar-refractivity contribution < 1.29 is 19.0 Å². The Hall–Kier alpha value is -2.57. The first-order valence-electron chi connectivity index (χ1n) is 11.5. The highest BCUT2D eigenvalue weighted by Gasteiger charge is 2.37. The topological polar surface area (TPSA) is 60.0 Å². The molecule has 0 unspecified atom stereocenters. The van der Waals surface area contributed by atoms with Crippen LogP contribution in [0, 0.1) is 5.92 Å². The van der Waals surface area contributed by atoms with Crippen LogP contribution in [0.5, 0.6) is 5.75 Å². The molecule has 5 rings (SSSR count). The quantitative estimate of drug-likeness (QED) is 0.618. The molecule has 2 aromatic carbocycles. The fourth-order valence-electron chi connectivity index (χ4n) is 4.63. The summed E-state index contributed by atoms with van der Waals surface area (Å²) in [6.07, 6.45) is 1.93. The van der Waals surface area contributed by atoms with Crippen molar-refractivity contribution in [2.75, 3.05) is 40.0 Å². The minimum absolute atomic E-state index is 0.00839. The van der Waals surface area contributed by atoms with E-state index in [0.717, 1.165) is 54.9 Å². The number of ether oxygens (including phenoxy) is 3. The molecule has 3 heterocycles. The highest BCUT2D eigenvalue weighted by atomic mass is 16.6. The first-order chi connectivity index (χ1) is 15.4. The highest BCUT2D eigenvalue weighted by Crippen LogP contribution is 2.31. The summed E-state index contributed by atoms with van der Waals surface area (Å²) in [5.41, 5.74) is 2.67. The van der Waals surface area contributed by atoms with Gasteiger partial charge in [-0.05, 0) is 74.5 Å². The van der Waals surface area contributed by atoms with Crippen molar-refractivity contribution in [3.05, 3.63) is 54.1 Å². The van der Waals surface area contributed by atoms with Crippen molar-refractivity contribution in [1.29, 1.82) is 0 Å². The van der Waals surface area contributed by atoms with E-state index in [9.17, 15) is 4.79 Å². The number of amides is 1. The molecule has 0 aliphatic carbocycles. The zero-order chi connectivity index (χ0) is 22.6. The Morgan fingerprint density at radius 2 is 1.81 bits per heavy atom. The van der Waals surface area contributed by atoms with E-state index in [2.05, 4.69) is 40.5 Å². The van der Waals surface area contributed by atoms with Crippen molar-refractivity contribution in [3.8, 4) is 16.9 Å². The minimum Gasteiger partial charge on any atom is -0.491 e. The van der Waals surface area contributed by atoms with E-state index >= 15 is 0 Å². The number of nitrogens with zero attached hydrogens (tertiary/aromatic N) is 1. The molecule has 0 spiro atoms. The third-order valence-corrected chi connectivity index (χ3v) is 6.60. The van der Waals surface area contributed by atoms with E-state index in [4.69, 9.17) is 14.2 Å². The van der Waals surface area contributed by atoms with E-state index in [0.29, 0.717) is 19.1 Å². The molecule has 3 fully saturated rings. The molecule has 3 saturated heterocycles. The van der Waals surface area contributed by atoms with Gasteiger partial charge >= 0.3 is 6.09 Å². The second kappa shape index (κ2) is 9.92. The van der Waals surface area contributed by atoms with Gasteiger partial charge in [0.2, 0.25) is 0 Å². The van der Waals surface area contributed by atoms with Gasteiger partial charge in [-0.3, -0.25) is 4.90 Å². The lowest BCUT2D eigenvalue weighted by atomic mass is 9.86. The van der Waals surface area contributed by atoms with Gasteiger partial charge in [0.1, 0.15) is 18.5 Å². The number of rotatable bonds is 8. The molecule has 172 valence electrons. The predicted molar refractivity (Wildman–Crippen MR) is 125 cm³/mol. The standard InChI is InChI=1S/C26H34N2O4/c1-26(2,27-25(29)32-24-18-28-13-11-20(24)12-14-28)22-9-7-19(8-10-22)21-5-4-6-23(17-21)31-16-15-30-3/h4-10,17,20,24H,11-16,18H2,1-3H3,(H,27,29)/t24-/m1/s1. The maximum atomic E-state index is 12.6. The zero-order valence-corrected chi connectivity index (χ0v) is 19.3. The van der Waals surface area contributed by atoms with E-state index in [1.54, 1.807) is 7.11 Å². The fraction of sp³-hybridized carbons (Fsp3) is 0.500. The summed E-state index contributed by atoms with van der Waals surface area (Å²) in [4.78, 5) is 15.0. The van der Waals surface area contributed by atoms with Gasteiger partial charge in [-0.25, -0.2) is 4.79 Å². The van der Waals surface area contributed by atoms with Crippen LogP contribution in [0.1, 0.15) is 32.3 Å². The molecule has 1 N–H and O–H groups in total. The molecule has 0 radical (unpaired) electrons. The maximum absolute atomic E-state index is 12.6. The first-order valence-corrected chi connectivity index (χ1v) is 11.5. The molecule has 6 heteroatoms. The molecule has 3 aliphatic heterocycles. The van der Waals surface area contributed by atoms with Crippen molar-refractivity contribution in [3.63, 3.8) is 0 Å². The van der Waals surface area contributed by atoms with Crippen LogP contribution in [0.15, 0.2) is 48.5 Å². The Bertz CT molecular complexity index is 904. The Morgan fingerprint density at radius 3 is 2.47 bits per heavy atom. The number of methoxy groups -OCH3 is 1. The molecule has 2 aromatic rings. The van der Waals surface area contributed by atoms with Crippen molar-refractivity contribution in [1.82, 2.24) is 10.2 Å². The van der Waals surface area contributed by atoms with Gasteiger partial charge in [0.15, 0.2) is 0 Å². The van der Waals surface area contributed by atoms with E-state index in [1.807, 2.05) is 32.0 Å². The summed E-state index contributed by atoms with van der Waals surface area (Å²) < 4.78 is 16.6. The summed E-state index contributed by atoms with van der Waals surface area (Å²) in [5.74, 6) is 1.32. The summed E-state index contributed by atoms with van der Waals surface area (Å²) in [5, 5.41) is 3.06. The smallest absolute Gasteiger partial charge is 0.408 e. The van der Waals surface area contributed by atoms with Crippen LogP contribution in [0.25, 0.3) is 11.1 Å². The number of hydrogen-bond donors (Lipinski definition) is 1. The Balaban J connectivity index is 1.37. The first kappa shape index (κ1) is 22.6. The van der Waals surface area contributed by atoms with Crippen LogP contribution >= 0.6 is 0 Å². The number of carbonyl (C=O) groups excluding carboxylic acids is 1. The molecular weight excluding hydrogens is 404 g/mol. The van der Waals surface area contributed by atoms with Gasteiger partial charge in [-0.15, -0.1) is 0 Å². The normalized spacial score (nSPS) is 22.4. The van der Waals surface area contributed by atoms with Gasteiger partial charge in [0.25, 0.3) is 0 Å². The average molecular weight is 439 g/mol. The number of fused-ring (bicyclic) bond motifs is 3. The van der Waals surface area contributed by atoms with E-state index in [-0.39, 0.29) is 12.2 Å². The number of nitrogens with one attached hydrogen (secondary N) is 1. The van der Waals surface area contributed by atoms with Gasteiger partial charge in [-0.2, -0.15) is 0 Å². The molecule has 2 bridgehead atoms. The Morgan fingerprint density at radius 1 is 1.06 bits per heavy atom.